The molecule has 0 radical (unpaired) electrons. The fraction of sp³-hybridized carbons (Fsp3) is 0.471. The maximum absolute atomic E-state index is 13.9. The van der Waals surface area contributed by atoms with Gasteiger partial charge in [0.05, 0.1) is 17.7 Å². The Labute approximate surface area is 140 Å². The number of hydrogen-bond acceptors (Lipinski definition) is 6. The fourth-order valence-corrected chi connectivity index (χ4v) is 2.95. The first-order chi connectivity index (χ1) is 11.6. The first-order valence-corrected chi connectivity index (χ1v) is 8.02. The van der Waals surface area contributed by atoms with E-state index in [0.29, 0.717) is 29.4 Å². The first kappa shape index (κ1) is 16.6. The highest BCUT2D eigenvalue weighted by Crippen LogP contribution is 2.21. The second-order valence-corrected chi connectivity index (χ2v) is 6.09. The van der Waals surface area contributed by atoms with E-state index >= 15 is 0 Å². The van der Waals surface area contributed by atoms with Crippen LogP contribution >= 0.6 is 0 Å². The van der Waals surface area contributed by atoms with Crippen molar-refractivity contribution in [2.24, 2.45) is 0 Å². The van der Waals surface area contributed by atoms with Gasteiger partial charge in [0.25, 0.3) is 0 Å². The van der Waals surface area contributed by atoms with E-state index in [2.05, 4.69) is 32.9 Å². The molecule has 0 spiro atoms. The van der Waals surface area contributed by atoms with Crippen LogP contribution in [0.15, 0.2) is 22.7 Å². The Morgan fingerprint density at radius 1 is 1.33 bits per heavy atom. The van der Waals surface area contributed by atoms with Crippen LogP contribution in [0.4, 0.5) is 4.39 Å². The smallest absolute Gasteiger partial charge is 0.243 e. The van der Waals surface area contributed by atoms with Gasteiger partial charge < -0.3 is 4.52 Å². The minimum Gasteiger partial charge on any atom is -0.338 e. The molecule has 0 amide bonds. The second kappa shape index (κ2) is 7.07. The van der Waals surface area contributed by atoms with E-state index in [9.17, 15) is 4.39 Å². The van der Waals surface area contributed by atoms with Crippen LogP contribution in [0.1, 0.15) is 35.8 Å². The summed E-state index contributed by atoms with van der Waals surface area (Å²) in [5.74, 6) is 1.02. The number of halogens is 1. The molecular weight excluding hydrogens is 309 g/mol. The normalized spacial score (nSPS) is 17.6. The number of aryl methyl sites for hydroxylation is 1. The van der Waals surface area contributed by atoms with Crippen molar-refractivity contribution in [3.63, 3.8) is 0 Å². The molecule has 0 aliphatic carbocycles. The summed E-state index contributed by atoms with van der Waals surface area (Å²) in [4.78, 5) is 8.77. The molecule has 1 saturated heterocycles. The molecular formula is C17H20FN5O. The number of nitriles is 1. The number of aromatic nitrogens is 2. The molecule has 1 aliphatic heterocycles. The van der Waals surface area contributed by atoms with Gasteiger partial charge >= 0.3 is 0 Å². The van der Waals surface area contributed by atoms with E-state index < -0.39 is 0 Å². The number of piperazine rings is 1. The summed E-state index contributed by atoms with van der Waals surface area (Å²) in [6.45, 7) is 7.73. The van der Waals surface area contributed by atoms with Crippen molar-refractivity contribution in [3.05, 3.63) is 46.9 Å². The molecule has 24 heavy (non-hydrogen) atoms. The Hall–Kier alpha value is -2.30. The molecule has 2 heterocycles. The second-order valence-electron chi connectivity index (χ2n) is 6.09. The van der Waals surface area contributed by atoms with Crippen LogP contribution in [0.2, 0.25) is 0 Å². The molecule has 1 fully saturated rings. The molecule has 1 aromatic carbocycles. The highest BCUT2D eigenvalue weighted by Gasteiger charge is 2.25. The van der Waals surface area contributed by atoms with Crippen molar-refractivity contribution in [2.45, 2.75) is 26.4 Å². The van der Waals surface area contributed by atoms with Crippen molar-refractivity contribution in [1.82, 2.24) is 19.9 Å². The van der Waals surface area contributed by atoms with E-state index in [1.807, 2.05) is 6.92 Å². The van der Waals surface area contributed by atoms with E-state index in [4.69, 9.17) is 9.78 Å². The predicted molar refractivity (Wildman–Crippen MR) is 85.4 cm³/mol. The molecule has 1 atom stereocenters. The summed E-state index contributed by atoms with van der Waals surface area (Å²) >= 11 is 0. The van der Waals surface area contributed by atoms with Crippen molar-refractivity contribution in [3.8, 4) is 6.07 Å². The van der Waals surface area contributed by atoms with Gasteiger partial charge in [0.15, 0.2) is 5.82 Å². The molecule has 6 nitrogen and oxygen atoms in total. The topological polar surface area (TPSA) is 69.2 Å². The van der Waals surface area contributed by atoms with Gasteiger partial charge in [-0.3, -0.25) is 9.80 Å². The van der Waals surface area contributed by atoms with Gasteiger partial charge in [-0.25, -0.2) is 4.39 Å². The lowest BCUT2D eigenvalue weighted by atomic mass is 10.1. The Balaban J connectivity index is 1.58. The zero-order chi connectivity index (χ0) is 17.1. The summed E-state index contributed by atoms with van der Waals surface area (Å²) in [6.07, 6.45) is 0. The zero-order valence-corrected chi connectivity index (χ0v) is 13.9. The molecule has 7 heteroatoms. The van der Waals surface area contributed by atoms with Crippen molar-refractivity contribution in [1.29, 1.82) is 5.26 Å². The standard InChI is InChI=1S/C17H20FN5O/c1-12(17-20-13(2)21-24-17)23-7-5-22(6-8-23)11-15-9-14(10-19)3-4-16(15)18/h3-4,9,12H,5-8,11H2,1-2H3/t12-/m1/s1. The minimum absolute atomic E-state index is 0.0759. The van der Waals surface area contributed by atoms with Crippen molar-refractivity contribution in [2.75, 3.05) is 26.2 Å². The van der Waals surface area contributed by atoms with Crippen LogP contribution in [0.25, 0.3) is 0 Å². The molecule has 1 aliphatic rings. The zero-order valence-electron chi connectivity index (χ0n) is 13.9. The maximum Gasteiger partial charge on any atom is 0.243 e. The molecule has 0 saturated carbocycles. The van der Waals surface area contributed by atoms with Crippen LogP contribution in [0.5, 0.6) is 0 Å². The molecule has 0 N–H and O–H groups in total. The molecule has 126 valence electrons. The lowest BCUT2D eigenvalue weighted by Gasteiger charge is -2.36. The summed E-state index contributed by atoms with van der Waals surface area (Å²) in [5.41, 5.74) is 1.06. The summed E-state index contributed by atoms with van der Waals surface area (Å²) in [7, 11) is 0. The predicted octanol–water partition coefficient (Wildman–Crippen LogP) is 2.27. The molecule has 0 unspecified atom stereocenters. The van der Waals surface area contributed by atoms with Crippen LogP contribution < -0.4 is 0 Å². The number of nitrogens with zero attached hydrogens (tertiary/aromatic N) is 5. The van der Waals surface area contributed by atoms with E-state index in [0.717, 1.165) is 26.2 Å². The summed E-state index contributed by atoms with van der Waals surface area (Å²) in [6, 6.07) is 6.63. The number of benzene rings is 1. The monoisotopic (exact) mass is 329 g/mol. The Kier molecular flexibility index (Phi) is 4.88. The number of hydrogen-bond donors (Lipinski definition) is 0. The lowest BCUT2D eigenvalue weighted by Crippen LogP contribution is -2.46. The van der Waals surface area contributed by atoms with Gasteiger partial charge in [0, 0.05) is 38.3 Å². The minimum atomic E-state index is -0.258. The van der Waals surface area contributed by atoms with Crippen LogP contribution in [0, 0.1) is 24.1 Å². The molecule has 1 aromatic heterocycles. The maximum atomic E-state index is 13.9. The first-order valence-electron chi connectivity index (χ1n) is 8.02. The van der Waals surface area contributed by atoms with Gasteiger partial charge in [0.1, 0.15) is 5.82 Å². The average Bonchev–Trinajstić information content (AvgIpc) is 3.03. The molecule has 2 aromatic rings. The van der Waals surface area contributed by atoms with E-state index in [-0.39, 0.29) is 11.9 Å². The third-order valence-corrected chi connectivity index (χ3v) is 4.42. The third-order valence-electron chi connectivity index (χ3n) is 4.42. The van der Waals surface area contributed by atoms with Crippen molar-refractivity contribution >= 4 is 0 Å². The summed E-state index contributed by atoms with van der Waals surface area (Å²) in [5, 5.41) is 12.8. The molecule has 0 bridgehead atoms. The number of rotatable bonds is 4. The van der Waals surface area contributed by atoms with Crippen LogP contribution in [-0.2, 0) is 6.54 Å². The highest BCUT2D eigenvalue weighted by atomic mass is 19.1. The average molecular weight is 329 g/mol. The summed E-state index contributed by atoms with van der Waals surface area (Å²) < 4.78 is 19.2. The van der Waals surface area contributed by atoms with Gasteiger partial charge in [-0.05, 0) is 32.0 Å². The van der Waals surface area contributed by atoms with Gasteiger partial charge in [-0.1, -0.05) is 5.16 Å². The Morgan fingerprint density at radius 2 is 2.08 bits per heavy atom. The quantitative estimate of drug-likeness (QED) is 0.857. The van der Waals surface area contributed by atoms with Gasteiger partial charge in [-0.2, -0.15) is 10.2 Å². The lowest BCUT2D eigenvalue weighted by molar-refractivity contribution is 0.0839. The van der Waals surface area contributed by atoms with E-state index in [1.54, 1.807) is 6.07 Å². The van der Waals surface area contributed by atoms with E-state index in [1.165, 1.54) is 12.1 Å². The highest BCUT2D eigenvalue weighted by molar-refractivity contribution is 5.33. The largest absolute Gasteiger partial charge is 0.338 e. The Morgan fingerprint density at radius 3 is 2.71 bits per heavy atom. The Bertz CT molecular complexity index is 746. The van der Waals surface area contributed by atoms with Crippen molar-refractivity contribution < 1.29 is 8.91 Å². The fourth-order valence-electron chi connectivity index (χ4n) is 2.95. The van der Waals surface area contributed by atoms with Gasteiger partial charge in [0.2, 0.25) is 5.89 Å². The SMILES string of the molecule is Cc1noc([C@@H](C)N2CCN(Cc3cc(C#N)ccc3F)CC2)n1. The molecule has 3 rings (SSSR count). The van der Waals surface area contributed by atoms with Gasteiger partial charge in [-0.15, -0.1) is 0 Å². The van der Waals surface area contributed by atoms with Crippen LogP contribution in [-0.4, -0.2) is 46.1 Å². The van der Waals surface area contributed by atoms with Crippen LogP contribution in [0.3, 0.4) is 0 Å². The third kappa shape index (κ3) is 3.61.